The van der Waals surface area contributed by atoms with Crippen molar-refractivity contribution in [2.75, 3.05) is 33.4 Å². The summed E-state index contributed by atoms with van der Waals surface area (Å²) in [5, 5.41) is 0. The molecule has 2 aliphatic heterocycles. The lowest BCUT2D eigenvalue weighted by Crippen LogP contribution is -2.54. The molecule has 5 heteroatoms. The van der Waals surface area contributed by atoms with Gasteiger partial charge in [-0.15, -0.1) is 0 Å². The molecule has 1 aliphatic carbocycles. The number of hydrogen-bond acceptors (Lipinski definition) is 4. The summed E-state index contributed by atoms with van der Waals surface area (Å²) in [4.78, 5) is 15.0. The number of methoxy groups -OCH3 is 1. The monoisotopic (exact) mass is 331 g/mol. The highest BCUT2D eigenvalue weighted by Gasteiger charge is 2.42. The van der Waals surface area contributed by atoms with Crippen LogP contribution in [0.3, 0.4) is 0 Å². The van der Waals surface area contributed by atoms with Gasteiger partial charge < -0.3 is 19.1 Å². The van der Waals surface area contributed by atoms with Gasteiger partial charge in [-0.05, 0) is 30.9 Å². The number of rotatable bonds is 2. The third-order valence-corrected chi connectivity index (χ3v) is 5.60. The van der Waals surface area contributed by atoms with Crippen molar-refractivity contribution in [3.8, 4) is 11.5 Å². The maximum atomic E-state index is 13.0. The van der Waals surface area contributed by atoms with Gasteiger partial charge in [-0.1, -0.05) is 18.9 Å². The number of benzene rings is 1. The Hall–Kier alpha value is -1.75. The van der Waals surface area contributed by atoms with Gasteiger partial charge in [0.15, 0.2) is 0 Å². The molecule has 5 nitrogen and oxygen atoms in total. The van der Waals surface area contributed by atoms with Crippen molar-refractivity contribution in [2.24, 2.45) is 5.92 Å². The number of hydrogen-bond donors (Lipinski definition) is 0. The third kappa shape index (κ3) is 2.86. The first kappa shape index (κ1) is 15.8. The van der Waals surface area contributed by atoms with Crippen LogP contribution in [-0.2, 0) is 16.0 Å². The smallest absolute Gasteiger partial charge is 0.229 e. The first-order valence-corrected chi connectivity index (χ1v) is 8.92. The van der Waals surface area contributed by atoms with Crippen molar-refractivity contribution in [2.45, 2.75) is 37.7 Å². The lowest BCUT2D eigenvalue weighted by Gasteiger charge is -2.42. The first-order chi connectivity index (χ1) is 11.7. The van der Waals surface area contributed by atoms with Crippen molar-refractivity contribution >= 4 is 5.91 Å². The lowest BCUT2D eigenvalue weighted by molar-refractivity contribution is -0.154. The van der Waals surface area contributed by atoms with Crippen LogP contribution in [0.2, 0.25) is 0 Å². The van der Waals surface area contributed by atoms with Gasteiger partial charge in [-0.3, -0.25) is 4.79 Å². The molecule has 3 aliphatic rings. The SMILES string of the molecule is COc1ccc2c(c1)OCC(C(=O)N1CCOC3(CCCC3)C1)C2. The summed E-state index contributed by atoms with van der Waals surface area (Å²) in [6, 6.07) is 5.83. The Balaban J connectivity index is 1.45. The molecule has 2 fully saturated rings. The number of ether oxygens (including phenoxy) is 3. The van der Waals surface area contributed by atoms with Crippen molar-refractivity contribution in [3.63, 3.8) is 0 Å². The van der Waals surface area contributed by atoms with E-state index in [-0.39, 0.29) is 17.4 Å². The van der Waals surface area contributed by atoms with Gasteiger partial charge in [0, 0.05) is 19.2 Å². The largest absolute Gasteiger partial charge is 0.497 e. The van der Waals surface area contributed by atoms with Crippen LogP contribution in [0.4, 0.5) is 0 Å². The van der Waals surface area contributed by atoms with E-state index in [0.717, 1.165) is 42.9 Å². The van der Waals surface area contributed by atoms with E-state index in [1.54, 1.807) is 7.11 Å². The fourth-order valence-corrected chi connectivity index (χ4v) is 4.25. The van der Waals surface area contributed by atoms with Crippen LogP contribution in [0.5, 0.6) is 11.5 Å². The summed E-state index contributed by atoms with van der Waals surface area (Å²) in [5.41, 5.74) is 1.01. The molecule has 0 bridgehead atoms. The molecule has 130 valence electrons. The van der Waals surface area contributed by atoms with E-state index in [1.807, 2.05) is 23.1 Å². The molecule has 1 saturated carbocycles. The number of carbonyl (C=O) groups excluding carboxylic acids is 1. The van der Waals surface area contributed by atoms with Crippen molar-refractivity contribution in [1.82, 2.24) is 4.90 Å². The van der Waals surface area contributed by atoms with Crippen molar-refractivity contribution in [1.29, 1.82) is 0 Å². The van der Waals surface area contributed by atoms with Crippen LogP contribution in [0.1, 0.15) is 31.2 Å². The lowest BCUT2D eigenvalue weighted by atomic mass is 9.93. The minimum atomic E-state index is -0.0950. The Morgan fingerprint density at radius 3 is 2.96 bits per heavy atom. The zero-order valence-corrected chi connectivity index (χ0v) is 14.3. The van der Waals surface area contributed by atoms with Gasteiger partial charge in [0.2, 0.25) is 5.91 Å². The van der Waals surface area contributed by atoms with E-state index >= 15 is 0 Å². The van der Waals surface area contributed by atoms with Gasteiger partial charge in [0.05, 0.1) is 25.2 Å². The average molecular weight is 331 g/mol. The number of amides is 1. The van der Waals surface area contributed by atoms with Crippen LogP contribution >= 0.6 is 0 Å². The van der Waals surface area contributed by atoms with Crippen LogP contribution < -0.4 is 9.47 Å². The number of morpholine rings is 1. The fraction of sp³-hybridized carbons (Fsp3) is 0.632. The predicted molar refractivity (Wildman–Crippen MR) is 89.4 cm³/mol. The summed E-state index contributed by atoms with van der Waals surface area (Å²) in [5.74, 6) is 1.75. The van der Waals surface area contributed by atoms with Crippen LogP contribution in [0.15, 0.2) is 18.2 Å². The molecule has 24 heavy (non-hydrogen) atoms. The summed E-state index contributed by atoms with van der Waals surface area (Å²) < 4.78 is 17.1. The quantitative estimate of drug-likeness (QED) is 0.835. The summed E-state index contributed by atoms with van der Waals surface area (Å²) >= 11 is 0. The zero-order chi connectivity index (χ0) is 16.6. The molecule has 1 spiro atoms. The predicted octanol–water partition coefficient (Wildman–Crippen LogP) is 2.42. The fourth-order valence-electron chi connectivity index (χ4n) is 4.25. The zero-order valence-electron chi connectivity index (χ0n) is 14.3. The first-order valence-electron chi connectivity index (χ1n) is 8.92. The number of fused-ring (bicyclic) bond motifs is 1. The average Bonchev–Trinajstić information content (AvgIpc) is 3.07. The Bertz CT molecular complexity index is 624. The normalized spacial score (nSPS) is 25.2. The maximum absolute atomic E-state index is 13.0. The van der Waals surface area contributed by atoms with Crippen LogP contribution in [-0.4, -0.2) is 49.8 Å². The second kappa shape index (κ2) is 6.28. The Labute approximate surface area is 142 Å². The number of carbonyl (C=O) groups is 1. The Morgan fingerprint density at radius 1 is 1.33 bits per heavy atom. The molecule has 1 unspecified atom stereocenters. The molecule has 1 saturated heterocycles. The highest BCUT2D eigenvalue weighted by atomic mass is 16.5. The number of nitrogens with zero attached hydrogens (tertiary/aromatic N) is 1. The van der Waals surface area contributed by atoms with E-state index in [0.29, 0.717) is 19.8 Å². The minimum absolute atomic E-state index is 0.0747. The van der Waals surface area contributed by atoms with Crippen molar-refractivity contribution in [3.05, 3.63) is 23.8 Å². The second-order valence-electron chi connectivity index (χ2n) is 7.18. The molecule has 2 heterocycles. The molecule has 1 aromatic carbocycles. The molecule has 1 aromatic rings. The van der Waals surface area contributed by atoms with E-state index in [9.17, 15) is 4.79 Å². The summed E-state index contributed by atoms with van der Waals surface area (Å²) in [7, 11) is 1.65. The van der Waals surface area contributed by atoms with Crippen LogP contribution in [0.25, 0.3) is 0 Å². The minimum Gasteiger partial charge on any atom is -0.497 e. The Morgan fingerprint density at radius 2 is 2.17 bits per heavy atom. The van der Waals surface area contributed by atoms with E-state index in [1.165, 1.54) is 12.8 Å². The van der Waals surface area contributed by atoms with E-state index < -0.39 is 0 Å². The van der Waals surface area contributed by atoms with E-state index in [2.05, 4.69) is 0 Å². The van der Waals surface area contributed by atoms with Gasteiger partial charge >= 0.3 is 0 Å². The molecule has 0 aromatic heterocycles. The maximum Gasteiger partial charge on any atom is 0.229 e. The van der Waals surface area contributed by atoms with Gasteiger partial charge in [-0.2, -0.15) is 0 Å². The molecule has 1 amide bonds. The van der Waals surface area contributed by atoms with Crippen LogP contribution in [0, 0.1) is 5.92 Å². The van der Waals surface area contributed by atoms with Gasteiger partial charge in [-0.25, -0.2) is 0 Å². The van der Waals surface area contributed by atoms with Gasteiger partial charge in [0.1, 0.15) is 18.1 Å². The molecular weight excluding hydrogens is 306 g/mol. The summed E-state index contributed by atoms with van der Waals surface area (Å²) in [6.07, 6.45) is 5.33. The second-order valence-corrected chi connectivity index (χ2v) is 7.18. The van der Waals surface area contributed by atoms with Gasteiger partial charge in [0.25, 0.3) is 0 Å². The topological polar surface area (TPSA) is 48.0 Å². The standard InChI is InChI=1S/C19H25NO4/c1-22-16-5-4-14-10-15(12-23-17(14)11-16)18(21)20-8-9-24-19(13-20)6-2-3-7-19/h4-5,11,15H,2-3,6-10,12-13H2,1H3. The molecule has 0 radical (unpaired) electrons. The molecule has 4 rings (SSSR count). The molecule has 0 N–H and O–H groups in total. The van der Waals surface area contributed by atoms with Crippen molar-refractivity contribution < 1.29 is 19.0 Å². The summed E-state index contributed by atoms with van der Waals surface area (Å²) in [6.45, 7) is 2.56. The molecular formula is C19H25NO4. The highest BCUT2D eigenvalue weighted by Crippen LogP contribution is 2.37. The Kier molecular flexibility index (Phi) is 4.12. The third-order valence-electron chi connectivity index (χ3n) is 5.60. The highest BCUT2D eigenvalue weighted by molar-refractivity contribution is 5.80. The molecule has 1 atom stereocenters. The van der Waals surface area contributed by atoms with E-state index in [4.69, 9.17) is 14.2 Å².